The van der Waals surface area contributed by atoms with E-state index in [1.165, 1.54) is 58.2 Å². The topological polar surface area (TPSA) is 13.7 Å². The standard InChI is InChI=1S/C28H11BF19OSi.C12H27N/c1-4-49-50(2,3)28-26(47)15(36)8(16(37)27(28)48)29(5-9(30)17(38)23(44)18(39)10(5)31,6-11(32)19(40)24(45)20(41)12(6)33)7-13(34)21(42)25(46)22(43)14(7)35;1-4-7-10-13(11-8-5-2)12-9-6-3/h4H2,1-3H3;4-12H2,1-3H3/q-1;/p+1. The lowest BCUT2D eigenvalue weighted by Crippen LogP contribution is -3.12. The van der Waals surface area contributed by atoms with Crippen molar-refractivity contribution >= 4 is 41.5 Å². The summed E-state index contributed by atoms with van der Waals surface area (Å²) in [6.07, 6.45) is 1.14. The van der Waals surface area contributed by atoms with Crippen LogP contribution in [-0.2, 0) is 4.43 Å². The van der Waals surface area contributed by atoms with Crippen LogP contribution < -0.4 is 31.9 Å². The molecule has 0 spiro atoms. The molecule has 0 saturated carbocycles. The number of hydrogen-bond acceptors (Lipinski definition) is 1. The van der Waals surface area contributed by atoms with Crippen molar-refractivity contribution in [1.29, 1.82) is 0 Å². The average molecular weight is 950 g/mol. The van der Waals surface area contributed by atoms with Gasteiger partial charge >= 0.3 is 0 Å². The molecule has 0 unspecified atom stereocenters. The largest absolute Gasteiger partial charge is 0.413 e. The number of halogens is 19. The highest BCUT2D eigenvalue weighted by Crippen LogP contribution is 2.30. The van der Waals surface area contributed by atoms with Gasteiger partial charge in [0, 0.05) is 11.8 Å². The second kappa shape index (κ2) is 21.2. The Hall–Kier alpha value is -4.25. The molecule has 4 aromatic rings. The quantitative estimate of drug-likeness (QED) is 0.0516. The van der Waals surface area contributed by atoms with Gasteiger partial charge in [0.15, 0.2) is 64.0 Å². The van der Waals surface area contributed by atoms with E-state index in [-0.39, 0.29) is 0 Å². The molecule has 0 aliphatic carbocycles. The summed E-state index contributed by atoms with van der Waals surface area (Å²) in [5, 5.41) is -1.80. The van der Waals surface area contributed by atoms with Crippen molar-refractivity contribution in [2.24, 2.45) is 0 Å². The van der Waals surface area contributed by atoms with Gasteiger partial charge in [-0.1, -0.05) is 40.0 Å². The first-order valence-corrected chi connectivity index (χ1v) is 22.3. The van der Waals surface area contributed by atoms with E-state index in [1.54, 1.807) is 0 Å². The molecule has 350 valence electrons. The SMILES string of the molecule is CCCC[NH+](CCCC)CCCC.CCO[Si](C)(C)c1c(F)c(F)c([B-](c2c(F)c(F)c(F)c(F)c2F)(c2c(F)c(F)c(F)c(F)c2F)c2c(F)c(F)c(F)c(F)c2F)c(F)c1F. The summed E-state index contributed by atoms with van der Waals surface area (Å²) < 4.78 is 295. The Kier molecular flexibility index (Phi) is 17.8. The second-order valence-corrected chi connectivity index (χ2v) is 18.7. The summed E-state index contributed by atoms with van der Waals surface area (Å²) in [6.45, 7) is 13.3. The normalized spacial score (nSPS) is 12.1. The van der Waals surface area contributed by atoms with Crippen LogP contribution in [0.15, 0.2) is 0 Å². The molecule has 0 saturated heterocycles. The maximum absolute atomic E-state index is 16.3. The van der Waals surface area contributed by atoms with Crippen molar-refractivity contribution in [2.75, 3.05) is 26.2 Å². The number of benzene rings is 4. The maximum Gasteiger partial charge on any atom is 0.224 e. The minimum atomic E-state index is -7.13. The molecule has 0 bridgehead atoms. The highest BCUT2D eigenvalue weighted by atomic mass is 28.4. The van der Waals surface area contributed by atoms with Gasteiger partial charge in [-0.25, -0.2) is 83.4 Å². The van der Waals surface area contributed by atoms with Gasteiger partial charge in [0.25, 0.3) is 0 Å². The van der Waals surface area contributed by atoms with E-state index in [0.29, 0.717) is 0 Å². The molecule has 4 rings (SSSR count). The van der Waals surface area contributed by atoms with E-state index in [9.17, 15) is 39.5 Å². The summed E-state index contributed by atoms with van der Waals surface area (Å²) in [5.74, 6) is -65.0. The summed E-state index contributed by atoms with van der Waals surface area (Å²) in [6, 6.07) is 0. The van der Waals surface area contributed by atoms with Crippen LogP contribution in [0.3, 0.4) is 0 Å². The highest BCUT2D eigenvalue weighted by molar-refractivity contribution is 7.20. The van der Waals surface area contributed by atoms with Crippen LogP contribution in [0, 0.1) is 111 Å². The van der Waals surface area contributed by atoms with E-state index in [2.05, 4.69) is 20.8 Å². The van der Waals surface area contributed by atoms with Gasteiger partial charge in [-0.15, -0.1) is 21.9 Å². The number of quaternary nitrogens is 1. The van der Waals surface area contributed by atoms with Crippen molar-refractivity contribution in [3.63, 3.8) is 0 Å². The fourth-order valence-corrected chi connectivity index (χ4v) is 9.66. The third-order valence-electron chi connectivity index (χ3n) is 10.5. The van der Waals surface area contributed by atoms with Crippen molar-refractivity contribution in [1.82, 2.24) is 0 Å². The molecule has 4 aromatic carbocycles. The first-order chi connectivity index (χ1) is 29.3. The first-order valence-electron chi connectivity index (χ1n) is 19.4. The number of rotatable bonds is 16. The molecule has 0 fully saturated rings. The molecule has 0 radical (unpaired) electrons. The fourth-order valence-electron chi connectivity index (χ4n) is 7.52. The van der Waals surface area contributed by atoms with Crippen LogP contribution in [0.5, 0.6) is 0 Å². The zero-order chi connectivity index (χ0) is 48.2. The molecule has 0 heterocycles. The average Bonchev–Trinajstić information content (AvgIpc) is 3.24. The zero-order valence-electron chi connectivity index (χ0n) is 34.2. The predicted octanol–water partition coefficient (Wildman–Crippen LogP) is 8.43. The Morgan fingerprint density at radius 3 is 0.762 bits per heavy atom. The molecule has 0 amide bonds. The summed E-state index contributed by atoms with van der Waals surface area (Å²) in [4.78, 5) is 1.84. The van der Waals surface area contributed by atoms with Gasteiger partial charge in [-0.3, -0.25) is 0 Å². The van der Waals surface area contributed by atoms with Crippen molar-refractivity contribution in [3.8, 4) is 0 Å². The van der Waals surface area contributed by atoms with Gasteiger partial charge in [0.05, 0.1) is 19.6 Å². The number of nitrogens with one attached hydrogen (secondary N) is 1. The van der Waals surface area contributed by atoms with Crippen LogP contribution in [0.1, 0.15) is 66.2 Å². The number of unbranched alkanes of at least 4 members (excludes halogenated alkanes) is 3. The van der Waals surface area contributed by atoms with E-state index < -0.39 is 159 Å². The molecule has 23 heteroatoms. The second-order valence-electron chi connectivity index (χ2n) is 14.9. The van der Waals surface area contributed by atoms with Crippen LogP contribution in [0.4, 0.5) is 83.4 Å². The Labute approximate surface area is 350 Å². The third-order valence-corrected chi connectivity index (χ3v) is 13.2. The summed E-state index contributed by atoms with van der Waals surface area (Å²) in [7, 11) is -4.37. The van der Waals surface area contributed by atoms with Crippen LogP contribution in [0.25, 0.3) is 0 Å². The number of hydrogen-bond donors (Lipinski definition) is 1. The van der Waals surface area contributed by atoms with Gasteiger partial charge in [-0.05, 0) is 39.3 Å². The van der Waals surface area contributed by atoms with Gasteiger partial charge < -0.3 is 9.33 Å². The molecule has 2 nitrogen and oxygen atoms in total. The van der Waals surface area contributed by atoms with E-state index in [0.717, 1.165) is 20.0 Å². The molecular weight excluding hydrogens is 910 g/mol. The van der Waals surface area contributed by atoms with Crippen molar-refractivity contribution in [3.05, 3.63) is 111 Å². The third kappa shape index (κ3) is 9.46. The van der Waals surface area contributed by atoms with Gasteiger partial charge in [0.1, 0.15) is 52.7 Å². The molecule has 0 aliphatic heterocycles. The summed E-state index contributed by atoms with van der Waals surface area (Å²) >= 11 is 0. The van der Waals surface area contributed by atoms with Crippen LogP contribution in [-0.4, -0.2) is 40.7 Å². The predicted molar refractivity (Wildman–Crippen MR) is 198 cm³/mol. The van der Waals surface area contributed by atoms with Crippen LogP contribution >= 0.6 is 0 Å². The summed E-state index contributed by atoms with van der Waals surface area (Å²) in [5.41, 5.74) is -13.8. The van der Waals surface area contributed by atoms with E-state index in [4.69, 9.17) is 4.43 Å². The lowest BCUT2D eigenvalue weighted by molar-refractivity contribution is -0.900. The minimum absolute atomic E-state index is 0.489. The Bertz CT molecular complexity index is 2040. The first kappa shape index (κ1) is 53.1. The van der Waals surface area contributed by atoms with Crippen LogP contribution in [0.2, 0.25) is 13.1 Å². The molecule has 63 heavy (non-hydrogen) atoms. The van der Waals surface area contributed by atoms with Crippen molar-refractivity contribution in [2.45, 2.75) is 79.3 Å². The molecule has 0 aromatic heterocycles. The van der Waals surface area contributed by atoms with Gasteiger partial charge in [0.2, 0.25) is 8.32 Å². The molecule has 0 aliphatic rings. The van der Waals surface area contributed by atoms with E-state index in [1.807, 2.05) is 4.90 Å². The minimum Gasteiger partial charge on any atom is -0.413 e. The fraction of sp³-hybridized carbons (Fsp3) is 0.400. The van der Waals surface area contributed by atoms with Gasteiger partial charge in [-0.2, -0.15) is 0 Å². The Morgan fingerprint density at radius 2 is 0.556 bits per heavy atom. The van der Waals surface area contributed by atoms with Crippen molar-refractivity contribution < 1.29 is 92.7 Å². The smallest absolute Gasteiger partial charge is 0.224 e. The molecular formula is C40H39BF19NOSi. The van der Waals surface area contributed by atoms with E-state index >= 15 is 43.9 Å². The maximum atomic E-state index is 16.3. The Balaban J connectivity index is 0.000000701. The molecule has 0 atom stereocenters. The highest BCUT2D eigenvalue weighted by Gasteiger charge is 2.53. The zero-order valence-corrected chi connectivity index (χ0v) is 35.2. The lowest BCUT2D eigenvalue weighted by atomic mass is 9.12. The molecule has 1 N–H and O–H groups in total. The lowest BCUT2D eigenvalue weighted by Gasteiger charge is -2.45. The Morgan fingerprint density at radius 1 is 0.349 bits per heavy atom. The monoisotopic (exact) mass is 949 g/mol.